The first-order valence-electron chi connectivity index (χ1n) is 9.00. The lowest BCUT2D eigenvalue weighted by molar-refractivity contribution is 0.0474. The van der Waals surface area contributed by atoms with Crippen molar-refractivity contribution in [3.8, 4) is 0 Å². The Bertz CT molecular complexity index is 653. The number of rotatable bonds is 5. The lowest BCUT2D eigenvalue weighted by Crippen LogP contribution is -2.54. The van der Waals surface area contributed by atoms with Crippen LogP contribution in [0.1, 0.15) is 67.1 Å². The summed E-state index contributed by atoms with van der Waals surface area (Å²) in [6.07, 6.45) is -0.459. The third-order valence-corrected chi connectivity index (χ3v) is 3.28. The minimum absolute atomic E-state index is 0.192. The number of ether oxygens (including phenoxy) is 1. The lowest BCUT2D eigenvalue weighted by atomic mass is 9.97. The molecule has 0 aliphatic heterocycles. The number of aromatic nitrogens is 2. The van der Waals surface area contributed by atoms with E-state index >= 15 is 0 Å². The molecule has 0 fully saturated rings. The largest absolute Gasteiger partial charge is 0.444 e. The molecular formula is C18H34N6O3. The van der Waals surface area contributed by atoms with E-state index in [1.165, 1.54) is 0 Å². The molecule has 0 aliphatic rings. The number of hydrogen-bond acceptors (Lipinski definition) is 6. The maximum absolute atomic E-state index is 11.9. The SMILES string of the molecule is CN=C(NCc1noc(C(C)(C)C)n1)NCC(C)(C)NC(=O)OC(C)(C)C. The molecule has 1 rings (SSSR count). The average molecular weight is 383 g/mol. The molecule has 1 heterocycles. The van der Waals surface area contributed by atoms with Gasteiger partial charge in [-0.25, -0.2) is 4.79 Å². The van der Waals surface area contributed by atoms with Gasteiger partial charge in [0.15, 0.2) is 11.8 Å². The smallest absolute Gasteiger partial charge is 0.408 e. The van der Waals surface area contributed by atoms with Crippen molar-refractivity contribution in [3.63, 3.8) is 0 Å². The summed E-state index contributed by atoms with van der Waals surface area (Å²) in [5, 5.41) is 13.1. The van der Waals surface area contributed by atoms with E-state index in [2.05, 4.69) is 31.1 Å². The van der Waals surface area contributed by atoms with Gasteiger partial charge in [0.2, 0.25) is 5.89 Å². The highest BCUT2D eigenvalue weighted by Gasteiger charge is 2.25. The number of hydrogen-bond donors (Lipinski definition) is 3. The Hall–Kier alpha value is -2.32. The number of nitrogens with one attached hydrogen (secondary N) is 3. The van der Waals surface area contributed by atoms with Gasteiger partial charge in [-0.05, 0) is 34.6 Å². The Morgan fingerprint density at radius 1 is 1.11 bits per heavy atom. The van der Waals surface area contributed by atoms with E-state index in [0.29, 0.717) is 30.8 Å². The highest BCUT2D eigenvalue weighted by Crippen LogP contribution is 2.19. The van der Waals surface area contributed by atoms with Gasteiger partial charge < -0.3 is 25.2 Å². The first-order chi connectivity index (χ1) is 12.2. The summed E-state index contributed by atoms with van der Waals surface area (Å²) in [5.74, 6) is 1.70. The minimum Gasteiger partial charge on any atom is -0.444 e. The van der Waals surface area contributed by atoms with Crippen molar-refractivity contribution in [2.24, 2.45) is 4.99 Å². The van der Waals surface area contributed by atoms with Crippen LogP contribution in [0.4, 0.5) is 4.79 Å². The summed E-state index contributed by atoms with van der Waals surface area (Å²) in [5.41, 5.74) is -1.27. The van der Waals surface area contributed by atoms with Crippen LogP contribution in [0.15, 0.2) is 9.52 Å². The lowest BCUT2D eigenvalue weighted by Gasteiger charge is -2.29. The van der Waals surface area contributed by atoms with E-state index in [0.717, 1.165) is 0 Å². The van der Waals surface area contributed by atoms with Crippen molar-refractivity contribution in [2.45, 2.75) is 78.5 Å². The zero-order valence-corrected chi connectivity index (χ0v) is 18.0. The molecule has 154 valence electrons. The molecule has 0 atom stereocenters. The number of guanidine groups is 1. The average Bonchev–Trinajstić information content (AvgIpc) is 2.93. The Kier molecular flexibility index (Phi) is 7.22. The van der Waals surface area contributed by atoms with E-state index in [1.54, 1.807) is 7.05 Å². The van der Waals surface area contributed by atoms with Crippen molar-refractivity contribution >= 4 is 12.1 Å². The fraction of sp³-hybridized carbons (Fsp3) is 0.778. The summed E-state index contributed by atoms with van der Waals surface area (Å²) in [7, 11) is 1.67. The minimum atomic E-state index is -0.540. The number of alkyl carbamates (subject to hydrolysis) is 1. The monoisotopic (exact) mass is 382 g/mol. The van der Waals surface area contributed by atoms with Crippen LogP contribution in [-0.4, -0.2) is 46.9 Å². The quantitative estimate of drug-likeness (QED) is 0.529. The third-order valence-electron chi connectivity index (χ3n) is 3.28. The van der Waals surface area contributed by atoms with Crippen molar-refractivity contribution in [2.75, 3.05) is 13.6 Å². The van der Waals surface area contributed by atoms with Crippen LogP contribution < -0.4 is 16.0 Å². The van der Waals surface area contributed by atoms with Crippen molar-refractivity contribution in [1.29, 1.82) is 0 Å². The first kappa shape index (κ1) is 22.7. The van der Waals surface area contributed by atoms with Gasteiger partial charge in [-0.2, -0.15) is 4.98 Å². The highest BCUT2D eigenvalue weighted by atomic mass is 16.6. The molecule has 0 aromatic carbocycles. The van der Waals surface area contributed by atoms with Crippen LogP contribution in [0, 0.1) is 0 Å². The van der Waals surface area contributed by atoms with Gasteiger partial charge in [-0.15, -0.1) is 0 Å². The van der Waals surface area contributed by atoms with Gasteiger partial charge >= 0.3 is 6.09 Å². The normalized spacial score (nSPS) is 13.3. The summed E-state index contributed by atoms with van der Waals surface area (Å²) >= 11 is 0. The number of nitrogens with zero attached hydrogens (tertiary/aromatic N) is 3. The van der Waals surface area contributed by atoms with E-state index in [9.17, 15) is 4.79 Å². The molecule has 0 aliphatic carbocycles. The predicted molar refractivity (Wildman–Crippen MR) is 105 cm³/mol. The molecule has 0 radical (unpaired) electrons. The Morgan fingerprint density at radius 3 is 2.22 bits per heavy atom. The molecule has 9 nitrogen and oxygen atoms in total. The molecule has 1 aromatic heterocycles. The fourth-order valence-electron chi connectivity index (χ4n) is 1.94. The molecule has 27 heavy (non-hydrogen) atoms. The second-order valence-corrected chi connectivity index (χ2v) is 9.06. The number of carbonyl (C=O) groups excluding carboxylic acids is 1. The Morgan fingerprint density at radius 2 is 1.74 bits per heavy atom. The Labute approximate surface area is 161 Å². The zero-order chi connectivity index (χ0) is 20.9. The van der Waals surface area contributed by atoms with Gasteiger partial charge in [0.1, 0.15) is 5.60 Å². The van der Waals surface area contributed by atoms with E-state index in [4.69, 9.17) is 9.26 Å². The molecule has 0 bridgehead atoms. The molecule has 0 unspecified atom stereocenters. The molecule has 9 heteroatoms. The van der Waals surface area contributed by atoms with Gasteiger partial charge in [-0.1, -0.05) is 25.9 Å². The summed E-state index contributed by atoms with van der Waals surface area (Å²) in [6, 6.07) is 0. The van der Waals surface area contributed by atoms with E-state index in [-0.39, 0.29) is 5.41 Å². The maximum Gasteiger partial charge on any atom is 0.408 e. The molecule has 0 saturated heterocycles. The van der Waals surface area contributed by atoms with Crippen LogP contribution in [-0.2, 0) is 16.7 Å². The topological polar surface area (TPSA) is 114 Å². The van der Waals surface area contributed by atoms with Crippen LogP contribution in [0.5, 0.6) is 0 Å². The number of aliphatic imine (C=N–C) groups is 1. The molecule has 1 amide bonds. The van der Waals surface area contributed by atoms with Crippen LogP contribution in [0.3, 0.4) is 0 Å². The number of carbonyl (C=O) groups is 1. The van der Waals surface area contributed by atoms with Crippen LogP contribution >= 0.6 is 0 Å². The molecule has 1 aromatic rings. The molecule has 0 spiro atoms. The van der Waals surface area contributed by atoms with Crippen molar-refractivity contribution in [3.05, 3.63) is 11.7 Å². The third kappa shape index (κ3) is 8.74. The van der Waals surface area contributed by atoms with Crippen molar-refractivity contribution < 1.29 is 14.1 Å². The maximum atomic E-state index is 11.9. The predicted octanol–water partition coefficient (Wildman–Crippen LogP) is 2.34. The van der Waals surface area contributed by atoms with Gasteiger partial charge in [0, 0.05) is 19.0 Å². The first-order valence-corrected chi connectivity index (χ1v) is 9.00. The Balaban J connectivity index is 2.51. The summed E-state index contributed by atoms with van der Waals surface area (Å²) in [4.78, 5) is 20.5. The summed E-state index contributed by atoms with van der Waals surface area (Å²) in [6.45, 7) is 16.1. The van der Waals surface area contributed by atoms with E-state index < -0.39 is 17.2 Å². The standard InChI is InChI=1S/C18H34N6O3/c1-16(2,3)13-22-12(24-27-13)10-20-14(19-9)21-11-18(7,8)23-15(25)26-17(4,5)6/h10-11H2,1-9H3,(H,23,25)(H2,19,20,21). The molecule has 0 saturated carbocycles. The van der Waals surface area contributed by atoms with Crippen LogP contribution in [0.25, 0.3) is 0 Å². The zero-order valence-electron chi connectivity index (χ0n) is 18.0. The second-order valence-electron chi connectivity index (χ2n) is 9.06. The fourth-order valence-corrected chi connectivity index (χ4v) is 1.94. The summed E-state index contributed by atoms with van der Waals surface area (Å²) < 4.78 is 10.6. The van der Waals surface area contributed by atoms with Gasteiger partial charge in [0.25, 0.3) is 0 Å². The van der Waals surface area contributed by atoms with E-state index in [1.807, 2.05) is 55.4 Å². The molecular weight excluding hydrogens is 348 g/mol. The van der Waals surface area contributed by atoms with Crippen molar-refractivity contribution in [1.82, 2.24) is 26.1 Å². The molecule has 3 N–H and O–H groups in total. The van der Waals surface area contributed by atoms with Gasteiger partial charge in [0.05, 0.1) is 12.1 Å². The van der Waals surface area contributed by atoms with Gasteiger partial charge in [-0.3, -0.25) is 4.99 Å². The second kappa shape index (κ2) is 8.58. The highest BCUT2D eigenvalue weighted by molar-refractivity contribution is 5.79. The number of amides is 1. The van der Waals surface area contributed by atoms with Crippen LogP contribution in [0.2, 0.25) is 0 Å².